The monoisotopic (exact) mass is 1100 g/mol. The molecule has 0 spiro atoms. The van der Waals surface area contributed by atoms with E-state index in [2.05, 4.69) is 0 Å². The SMILES string of the molecule is CC(=O)OC[C@H]1O[C@@H](O[C@H]2[C@@H](O[C@]3(COC(=O)c4ccccc4)O[C@H](CO)[C@@H](OC(=O)c4ccccc4)[C@@H]3OC(=O)c3ccccc3)O[C@H](COC(C)=O)[C@@H](OC(C)=O)[C@@H]2O[C@@H]2O[C@H](CO)[C@@H](O)[C@H](O)[C@H]2O)[C@H](O)[C@@H](O)[C@@H]1O. The Hall–Kier alpha value is -6.12. The molecule has 3 aromatic carbocycles. The van der Waals surface area contributed by atoms with Crippen LogP contribution in [0.3, 0.4) is 0 Å². The zero-order chi connectivity index (χ0) is 56.4. The Kier molecular flexibility index (Phi) is 20.4. The minimum atomic E-state index is -2.91. The Morgan fingerprint density at radius 1 is 0.449 bits per heavy atom. The zero-order valence-electron chi connectivity index (χ0n) is 41.9. The average molecular weight is 1110 g/mol. The van der Waals surface area contributed by atoms with E-state index < -0.39 is 185 Å². The van der Waals surface area contributed by atoms with Crippen LogP contribution in [0.1, 0.15) is 51.8 Å². The van der Waals surface area contributed by atoms with Crippen molar-refractivity contribution in [3.63, 3.8) is 0 Å². The largest absolute Gasteiger partial charge is 0.463 e. The number of carbonyl (C=O) groups is 6. The van der Waals surface area contributed by atoms with Crippen molar-refractivity contribution < 1.29 is 131 Å². The highest BCUT2D eigenvalue weighted by Gasteiger charge is 2.65. The van der Waals surface area contributed by atoms with E-state index in [0.717, 1.165) is 20.8 Å². The summed E-state index contributed by atoms with van der Waals surface area (Å²) in [5.74, 6) is -9.05. The van der Waals surface area contributed by atoms with Crippen molar-refractivity contribution in [3.8, 4) is 0 Å². The second-order valence-corrected chi connectivity index (χ2v) is 18.3. The first-order valence-corrected chi connectivity index (χ1v) is 24.4. The lowest BCUT2D eigenvalue weighted by Gasteiger charge is -2.50. The fraction of sp³-hybridized carbons (Fsp3) is 0.529. The van der Waals surface area contributed by atoms with Crippen LogP contribution in [-0.2, 0) is 76.0 Å². The number of carbonyl (C=O) groups excluding carboxylic acids is 6. The van der Waals surface area contributed by atoms with Gasteiger partial charge in [-0.3, -0.25) is 14.4 Å². The molecule has 27 nitrogen and oxygen atoms in total. The smallest absolute Gasteiger partial charge is 0.338 e. The Morgan fingerprint density at radius 2 is 0.897 bits per heavy atom. The van der Waals surface area contributed by atoms with E-state index in [0.29, 0.717) is 0 Å². The van der Waals surface area contributed by atoms with Crippen LogP contribution in [0.4, 0.5) is 0 Å². The van der Waals surface area contributed by atoms with Crippen LogP contribution in [0.2, 0.25) is 0 Å². The van der Waals surface area contributed by atoms with Gasteiger partial charge in [0.05, 0.1) is 29.9 Å². The van der Waals surface area contributed by atoms with E-state index >= 15 is 0 Å². The quantitative estimate of drug-likeness (QED) is 0.0430. The van der Waals surface area contributed by atoms with Gasteiger partial charge in [-0.15, -0.1) is 0 Å². The first-order chi connectivity index (χ1) is 37.2. The molecule has 3 aromatic rings. The number of hydrogen-bond donors (Lipinski definition) is 8. The molecule has 0 radical (unpaired) electrons. The fourth-order valence-electron chi connectivity index (χ4n) is 8.86. The number of hydrogen-bond acceptors (Lipinski definition) is 27. The van der Waals surface area contributed by atoms with Gasteiger partial charge in [-0.05, 0) is 36.4 Å². The third-order valence-corrected chi connectivity index (χ3v) is 12.7. The molecule has 0 amide bonds. The topological polar surface area (TPSA) is 384 Å². The summed E-state index contributed by atoms with van der Waals surface area (Å²) in [6, 6.07) is 22.0. The van der Waals surface area contributed by atoms with Crippen molar-refractivity contribution in [2.24, 2.45) is 0 Å². The molecular formula is C51H60O27. The van der Waals surface area contributed by atoms with Crippen LogP contribution in [0.15, 0.2) is 91.0 Å². The summed E-state index contributed by atoms with van der Waals surface area (Å²) in [6.45, 7) is -1.89. The Bertz CT molecular complexity index is 2480. The maximum absolute atomic E-state index is 14.3. The lowest BCUT2D eigenvalue weighted by Crippen LogP contribution is -2.69. The van der Waals surface area contributed by atoms with Crippen LogP contribution in [0, 0.1) is 0 Å². The second kappa shape index (κ2) is 26.7. The minimum Gasteiger partial charge on any atom is -0.463 e. The van der Waals surface area contributed by atoms with E-state index in [1.165, 1.54) is 72.8 Å². The van der Waals surface area contributed by atoms with Gasteiger partial charge in [-0.2, -0.15) is 0 Å². The molecule has 8 N–H and O–H groups in total. The van der Waals surface area contributed by atoms with Gasteiger partial charge in [0.15, 0.2) is 37.2 Å². The van der Waals surface area contributed by atoms with Crippen LogP contribution in [-0.4, -0.2) is 226 Å². The maximum Gasteiger partial charge on any atom is 0.338 e. The molecule has 19 atom stereocenters. The molecule has 0 saturated carbocycles. The summed E-state index contributed by atoms with van der Waals surface area (Å²) in [7, 11) is 0. The van der Waals surface area contributed by atoms with Crippen molar-refractivity contribution >= 4 is 35.8 Å². The highest BCUT2D eigenvalue weighted by Crippen LogP contribution is 2.43. The van der Waals surface area contributed by atoms with Crippen molar-refractivity contribution in [3.05, 3.63) is 108 Å². The maximum atomic E-state index is 14.3. The summed E-state index contributed by atoms with van der Waals surface area (Å²) in [6.07, 6.45) is -36.8. The second-order valence-electron chi connectivity index (χ2n) is 18.3. The van der Waals surface area contributed by atoms with Crippen molar-refractivity contribution in [2.45, 2.75) is 137 Å². The van der Waals surface area contributed by atoms with E-state index in [1.54, 1.807) is 18.2 Å². The Morgan fingerprint density at radius 3 is 1.40 bits per heavy atom. The van der Waals surface area contributed by atoms with Crippen LogP contribution in [0.25, 0.3) is 0 Å². The molecular weight excluding hydrogens is 1040 g/mol. The van der Waals surface area contributed by atoms with Crippen molar-refractivity contribution in [1.29, 1.82) is 0 Å². The molecule has 4 aliphatic rings. The Labute approximate surface area is 443 Å². The lowest BCUT2D eigenvalue weighted by molar-refractivity contribution is -0.421. The summed E-state index contributed by atoms with van der Waals surface area (Å²) < 4.78 is 77.7. The van der Waals surface area contributed by atoms with Gasteiger partial charge in [0.2, 0.25) is 5.79 Å². The number of esters is 6. The molecule has 0 unspecified atom stereocenters. The van der Waals surface area contributed by atoms with Crippen molar-refractivity contribution in [1.82, 2.24) is 0 Å². The molecule has 4 heterocycles. The molecule has 0 bridgehead atoms. The molecule has 0 aromatic heterocycles. The number of ether oxygens (including phenoxy) is 13. The van der Waals surface area contributed by atoms with Gasteiger partial charge >= 0.3 is 35.8 Å². The van der Waals surface area contributed by atoms with E-state index in [9.17, 15) is 69.6 Å². The zero-order valence-corrected chi connectivity index (χ0v) is 41.9. The number of rotatable bonds is 20. The van der Waals surface area contributed by atoms with E-state index in [-0.39, 0.29) is 16.7 Å². The predicted molar refractivity (Wildman–Crippen MR) is 251 cm³/mol. The highest BCUT2D eigenvalue weighted by atomic mass is 16.8. The fourth-order valence-corrected chi connectivity index (χ4v) is 8.86. The minimum absolute atomic E-state index is 0.0382. The van der Waals surface area contributed by atoms with Crippen LogP contribution >= 0.6 is 0 Å². The van der Waals surface area contributed by atoms with Gasteiger partial charge in [-0.1, -0.05) is 54.6 Å². The third kappa shape index (κ3) is 14.0. The third-order valence-electron chi connectivity index (χ3n) is 12.7. The average Bonchev–Trinajstić information content (AvgIpc) is 3.94. The first-order valence-electron chi connectivity index (χ1n) is 24.4. The van der Waals surface area contributed by atoms with E-state index in [1.807, 2.05) is 0 Å². The molecule has 4 saturated heterocycles. The lowest BCUT2D eigenvalue weighted by atomic mass is 9.95. The summed E-state index contributed by atoms with van der Waals surface area (Å²) in [5, 5.41) is 87.8. The molecule has 4 aliphatic heterocycles. The predicted octanol–water partition coefficient (Wildman–Crippen LogP) is -2.44. The standard InChI is InChI=1S/C51H60O27/c1-24(54)66-21-32-35(58)37(60)39(62)49(71-32)75-43-42(74-48-38(61)36(59)34(57)30(19-52)70-48)40(69-26(3)56)33(22-67-25(2)55)72-50(43)78-51(23-68-45(63)27-13-7-4-8-14-27)44(76-47(65)29-17-11-6-12-18-29)41(31(20-53)77-51)73-46(64)28-15-9-5-10-16-28/h4-18,30-44,48-50,52-53,57-62H,19-23H2,1-3H3/t30-,31-,32-,33-,34-,35-,36+,37+,38-,39-,40-,41-,42+,43-,44+,48+,49+,50-,51+/m1/s1. The summed E-state index contributed by atoms with van der Waals surface area (Å²) >= 11 is 0. The van der Waals surface area contributed by atoms with Crippen molar-refractivity contribution in [2.75, 3.05) is 33.0 Å². The van der Waals surface area contributed by atoms with Gasteiger partial charge in [0.25, 0.3) is 0 Å². The van der Waals surface area contributed by atoms with Crippen LogP contribution in [0.5, 0.6) is 0 Å². The number of benzene rings is 3. The molecule has 27 heteroatoms. The number of aliphatic hydroxyl groups excluding tert-OH is 8. The van der Waals surface area contributed by atoms with Gasteiger partial charge in [0.1, 0.15) is 93.1 Å². The van der Waals surface area contributed by atoms with Gasteiger partial charge in [0, 0.05) is 20.8 Å². The molecule has 7 rings (SSSR count). The normalized spacial score (nSPS) is 34.7. The molecule has 78 heavy (non-hydrogen) atoms. The Balaban J connectivity index is 1.43. The van der Waals surface area contributed by atoms with Crippen LogP contribution < -0.4 is 0 Å². The summed E-state index contributed by atoms with van der Waals surface area (Å²) in [4.78, 5) is 79.6. The van der Waals surface area contributed by atoms with Gasteiger partial charge in [-0.25, -0.2) is 14.4 Å². The van der Waals surface area contributed by atoms with E-state index in [4.69, 9.17) is 61.6 Å². The molecule has 0 aliphatic carbocycles. The molecule has 426 valence electrons. The highest BCUT2D eigenvalue weighted by molar-refractivity contribution is 5.91. The van der Waals surface area contributed by atoms with Gasteiger partial charge < -0.3 is 102 Å². The number of aliphatic hydroxyl groups is 8. The first kappa shape index (κ1) is 59.5. The summed E-state index contributed by atoms with van der Waals surface area (Å²) in [5.41, 5.74) is -0.186. The molecule has 4 fully saturated rings.